The van der Waals surface area contributed by atoms with Gasteiger partial charge in [-0.2, -0.15) is 0 Å². The van der Waals surface area contributed by atoms with Crippen LogP contribution in [0.5, 0.6) is 0 Å². The molecular formula is C14H23NO. The fourth-order valence-electron chi connectivity index (χ4n) is 4.85. The monoisotopic (exact) mass is 221 g/mol. The molecule has 4 bridgehead atoms. The number of ketones is 1. The van der Waals surface area contributed by atoms with Gasteiger partial charge in [-0.3, -0.25) is 4.79 Å². The third-order valence-corrected chi connectivity index (χ3v) is 5.17. The fourth-order valence-corrected chi connectivity index (χ4v) is 4.85. The van der Waals surface area contributed by atoms with Gasteiger partial charge in [0.25, 0.3) is 0 Å². The lowest BCUT2D eigenvalue weighted by molar-refractivity contribution is -0.120. The number of carbonyl (C=O) groups is 1. The average molecular weight is 221 g/mol. The van der Waals surface area contributed by atoms with Crippen molar-refractivity contribution in [1.82, 2.24) is 5.32 Å². The Hall–Kier alpha value is -0.370. The predicted molar refractivity (Wildman–Crippen MR) is 64.2 cm³/mol. The summed E-state index contributed by atoms with van der Waals surface area (Å²) in [5, 5.41) is 3.67. The van der Waals surface area contributed by atoms with Crippen LogP contribution in [0.2, 0.25) is 0 Å². The number of nitrogens with one attached hydrogen (secondary N) is 1. The summed E-state index contributed by atoms with van der Waals surface area (Å²) in [6.45, 7) is 3.74. The van der Waals surface area contributed by atoms with Gasteiger partial charge in [-0.15, -0.1) is 0 Å². The molecule has 0 aromatic carbocycles. The minimum Gasteiger partial charge on any atom is -0.302 e. The summed E-state index contributed by atoms with van der Waals surface area (Å²) in [5.41, 5.74) is 0.333. The van der Waals surface area contributed by atoms with Crippen molar-refractivity contribution in [2.45, 2.75) is 64.0 Å². The summed E-state index contributed by atoms with van der Waals surface area (Å²) in [4.78, 5) is 11.4. The normalized spacial score (nSPS) is 47.0. The van der Waals surface area contributed by atoms with Crippen molar-refractivity contribution in [1.29, 1.82) is 0 Å². The van der Waals surface area contributed by atoms with Gasteiger partial charge in [0.15, 0.2) is 0 Å². The van der Waals surface area contributed by atoms with Crippen molar-refractivity contribution in [3.63, 3.8) is 0 Å². The molecule has 0 heterocycles. The highest BCUT2D eigenvalue weighted by atomic mass is 16.1. The van der Waals surface area contributed by atoms with Gasteiger partial charge in [0.1, 0.15) is 5.78 Å². The first-order valence-corrected chi connectivity index (χ1v) is 6.84. The summed E-state index contributed by atoms with van der Waals surface area (Å²) in [7, 11) is 0. The lowest BCUT2D eigenvalue weighted by Gasteiger charge is -2.57. The van der Waals surface area contributed by atoms with Crippen LogP contribution in [-0.4, -0.2) is 17.4 Å². The molecule has 2 heteroatoms. The molecule has 4 rings (SSSR count). The van der Waals surface area contributed by atoms with E-state index in [9.17, 15) is 4.79 Å². The Balaban J connectivity index is 1.76. The van der Waals surface area contributed by atoms with Crippen molar-refractivity contribution in [3.05, 3.63) is 0 Å². The minimum absolute atomic E-state index is 0.0521. The van der Waals surface area contributed by atoms with Crippen molar-refractivity contribution >= 4 is 5.78 Å². The highest BCUT2D eigenvalue weighted by molar-refractivity contribution is 5.81. The Labute approximate surface area is 98.2 Å². The smallest absolute Gasteiger partial charge is 0.146 e. The molecule has 1 atom stereocenters. The predicted octanol–water partition coefficient (Wildman–Crippen LogP) is 2.52. The van der Waals surface area contributed by atoms with E-state index in [2.05, 4.69) is 5.32 Å². The van der Waals surface area contributed by atoms with E-state index in [1.54, 1.807) is 6.92 Å². The maximum Gasteiger partial charge on any atom is 0.146 e. The summed E-state index contributed by atoms with van der Waals surface area (Å²) < 4.78 is 0. The molecule has 0 radical (unpaired) electrons. The Bertz CT molecular complexity index is 275. The molecular weight excluding hydrogens is 198 g/mol. The van der Waals surface area contributed by atoms with Crippen molar-refractivity contribution < 1.29 is 4.79 Å². The molecule has 4 fully saturated rings. The van der Waals surface area contributed by atoms with Gasteiger partial charge in [-0.25, -0.2) is 0 Å². The number of hydrogen-bond donors (Lipinski definition) is 1. The van der Waals surface area contributed by atoms with Gasteiger partial charge >= 0.3 is 0 Å². The van der Waals surface area contributed by atoms with Crippen LogP contribution in [0.4, 0.5) is 0 Å². The second-order valence-corrected chi connectivity index (χ2v) is 6.67. The number of carbonyl (C=O) groups excluding carboxylic acids is 1. The molecule has 0 aromatic rings. The maximum atomic E-state index is 11.4. The Morgan fingerprint density at radius 1 is 1.12 bits per heavy atom. The molecule has 1 unspecified atom stereocenters. The second kappa shape index (κ2) is 3.56. The Morgan fingerprint density at radius 3 is 1.94 bits per heavy atom. The highest BCUT2D eigenvalue weighted by Crippen LogP contribution is 2.55. The lowest BCUT2D eigenvalue weighted by Crippen LogP contribution is -2.61. The van der Waals surface area contributed by atoms with Crippen LogP contribution in [-0.2, 0) is 4.79 Å². The van der Waals surface area contributed by atoms with Crippen LogP contribution in [0.1, 0.15) is 52.4 Å². The molecule has 0 saturated heterocycles. The van der Waals surface area contributed by atoms with E-state index in [0.29, 0.717) is 5.54 Å². The molecule has 0 aliphatic heterocycles. The third-order valence-electron chi connectivity index (χ3n) is 5.17. The zero-order valence-electron chi connectivity index (χ0n) is 10.5. The first kappa shape index (κ1) is 10.8. The maximum absolute atomic E-state index is 11.4. The van der Waals surface area contributed by atoms with Crippen molar-refractivity contribution in [2.24, 2.45) is 17.8 Å². The van der Waals surface area contributed by atoms with Crippen LogP contribution in [0.15, 0.2) is 0 Å². The van der Waals surface area contributed by atoms with Crippen LogP contribution in [0.3, 0.4) is 0 Å². The third kappa shape index (κ3) is 1.71. The minimum atomic E-state index is 0.0521. The standard InChI is InChI=1S/C14H23NO/c1-9(10(2)16)15-14-6-11-3-12(7-14)5-13(4-11)8-14/h9,11-13,15H,3-8H2,1-2H3. The number of hydrogen-bond acceptors (Lipinski definition) is 2. The van der Waals surface area contributed by atoms with E-state index in [4.69, 9.17) is 0 Å². The van der Waals surface area contributed by atoms with Gasteiger partial charge < -0.3 is 5.32 Å². The van der Waals surface area contributed by atoms with Gasteiger partial charge in [0, 0.05) is 5.54 Å². The van der Waals surface area contributed by atoms with E-state index >= 15 is 0 Å². The molecule has 4 aliphatic carbocycles. The fraction of sp³-hybridized carbons (Fsp3) is 0.929. The van der Waals surface area contributed by atoms with Crippen LogP contribution in [0.25, 0.3) is 0 Å². The molecule has 90 valence electrons. The molecule has 0 spiro atoms. The first-order chi connectivity index (χ1) is 7.56. The summed E-state index contributed by atoms with van der Waals surface area (Å²) in [5.74, 6) is 3.16. The Kier molecular flexibility index (Phi) is 2.39. The van der Waals surface area contributed by atoms with Crippen molar-refractivity contribution in [2.75, 3.05) is 0 Å². The van der Waals surface area contributed by atoms with E-state index in [-0.39, 0.29) is 11.8 Å². The highest BCUT2D eigenvalue weighted by Gasteiger charge is 2.51. The first-order valence-electron chi connectivity index (χ1n) is 6.84. The van der Waals surface area contributed by atoms with Gasteiger partial charge in [0.2, 0.25) is 0 Å². The van der Waals surface area contributed by atoms with E-state index in [0.717, 1.165) is 17.8 Å². The van der Waals surface area contributed by atoms with E-state index < -0.39 is 0 Å². The average Bonchev–Trinajstić information content (AvgIpc) is 2.13. The zero-order chi connectivity index (χ0) is 11.3. The second-order valence-electron chi connectivity index (χ2n) is 6.67. The molecule has 4 aliphatic rings. The van der Waals surface area contributed by atoms with Gasteiger partial charge in [-0.1, -0.05) is 0 Å². The van der Waals surface area contributed by atoms with Crippen LogP contribution < -0.4 is 5.32 Å². The zero-order valence-corrected chi connectivity index (χ0v) is 10.5. The van der Waals surface area contributed by atoms with Crippen LogP contribution in [0, 0.1) is 17.8 Å². The SMILES string of the molecule is CC(=O)C(C)NC12CC3CC(CC(C3)C1)C2. The van der Waals surface area contributed by atoms with Crippen molar-refractivity contribution in [3.8, 4) is 0 Å². The summed E-state index contributed by atoms with van der Waals surface area (Å²) >= 11 is 0. The number of Topliss-reactive ketones (excluding diaryl/α,β-unsaturated/α-hetero) is 1. The Morgan fingerprint density at radius 2 is 1.56 bits per heavy atom. The quantitative estimate of drug-likeness (QED) is 0.793. The topological polar surface area (TPSA) is 29.1 Å². The molecule has 1 N–H and O–H groups in total. The molecule has 0 aromatic heterocycles. The number of rotatable bonds is 3. The van der Waals surface area contributed by atoms with Gasteiger partial charge in [-0.05, 0) is 70.1 Å². The van der Waals surface area contributed by atoms with E-state index in [1.807, 2.05) is 6.92 Å². The molecule has 4 saturated carbocycles. The lowest BCUT2D eigenvalue weighted by atomic mass is 9.53. The summed E-state index contributed by atoms with van der Waals surface area (Å²) in [6, 6.07) is 0.0521. The van der Waals surface area contributed by atoms with Gasteiger partial charge in [0.05, 0.1) is 6.04 Å². The molecule has 16 heavy (non-hydrogen) atoms. The van der Waals surface area contributed by atoms with E-state index in [1.165, 1.54) is 38.5 Å². The molecule has 0 amide bonds. The molecule has 2 nitrogen and oxygen atoms in total. The van der Waals surface area contributed by atoms with Crippen LogP contribution >= 0.6 is 0 Å². The largest absolute Gasteiger partial charge is 0.302 e. The summed E-state index contributed by atoms with van der Waals surface area (Å²) in [6.07, 6.45) is 8.39.